The molecular formula is C21H19FN2O4. The smallest absolute Gasteiger partial charge is 0.331 e. The van der Waals surface area contributed by atoms with Crippen LogP contribution >= 0.6 is 0 Å². The Balaban J connectivity index is 1.59. The Kier molecular flexibility index (Phi) is 5.84. The summed E-state index contributed by atoms with van der Waals surface area (Å²) in [7, 11) is 0. The molecule has 0 aliphatic rings. The van der Waals surface area contributed by atoms with E-state index in [1.54, 1.807) is 43.3 Å². The van der Waals surface area contributed by atoms with Gasteiger partial charge in [-0.2, -0.15) is 0 Å². The molecule has 0 saturated heterocycles. The van der Waals surface area contributed by atoms with E-state index in [0.29, 0.717) is 28.5 Å². The van der Waals surface area contributed by atoms with Crippen LogP contribution in [0.15, 0.2) is 64.2 Å². The first-order chi connectivity index (χ1) is 13.5. The minimum atomic E-state index is -0.540. The van der Waals surface area contributed by atoms with Crippen LogP contribution in [0.5, 0.6) is 0 Å². The highest BCUT2D eigenvalue weighted by molar-refractivity contribution is 5.90. The SMILES string of the molecule is C/C(=C\C(=O)OCCCn1c(=O)[nH]c2ccccc2c1=O)c1ccc(F)cc1. The predicted octanol–water partition coefficient (Wildman–Crippen LogP) is 2.87. The summed E-state index contributed by atoms with van der Waals surface area (Å²) in [6, 6.07) is 12.6. The van der Waals surface area contributed by atoms with Crippen molar-refractivity contribution in [3.05, 3.63) is 86.8 Å². The van der Waals surface area contributed by atoms with Gasteiger partial charge in [-0.15, -0.1) is 0 Å². The zero-order valence-electron chi connectivity index (χ0n) is 15.3. The lowest BCUT2D eigenvalue weighted by molar-refractivity contribution is -0.137. The third-order valence-electron chi connectivity index (χ3n) is 4.29. The van der Waals surface area contributed by atoms with E-state index in [4.69, 9.17) is 4.74 Å². The Bertz CT molecular complexity index is 1140. The van der Waals surface area contributed by atoms with Crippen LogP contribution in [0.1, 0.15) is 18.9 Å². The lowest BCUT2D eigenvalue weighted by Gasteiger charge is -2.07. The summed E-state index contributed by atoms with van der Waals surface area (Å²) in [6.07, 6.45) is 1.64. The molecule has 0 atom stereocenters. The van der Waals surface area contributed by atoms with Crippen molar-refractivity contribution in [1.82, 2.24) is 9.55 Å². The van der Waals surface area contributed by atoms with Crippen molar-refractivity contribution in [3.63, 3.8) is 0 Å². The van der Waals surface area contributed by atoms with E-state index in [2.05, 4.69) is 4.98 Å². The monoisotopic (exact) mass is 382 g/mol. The molecule has 3 rings (SSSR count). The molecule has 0 fully saturated rings. The fourth-order valence-corrected chi connectivity index (χ4v) is 2.81. The number of allylic oxidation sites excluding steroid dienone is 1. The number of rotatable bonds is 6. The van der Waals surface area contributed by atoms with E-state index in [-0.39, 0.29) is 24.5 Å². The van der Waals surface area contributed by atoms with Crippen molar-refractivity contribution >= 4 is 22.4 Å². The number of ether oxygens (including phenoxy) is 1. The number of benzene rings is 2. The molecule has 0 aliphatic heterocycles. The molecule has 0 radical (unpaired) electrons. The van der Waals surface area contributed by atoms with Gasteiger partial charge in [-0.1, -0.05) is 24.3 Å². The fourth-order valence-electron chi connectivity index (χ4n) is 2.81. The van der Waals surface area contributed by atoms with Gasteiger partial charge in [-0.25, -0.2) is 14.0 Å². The van der Waals surface area contributed by atoms with E-state index < -0.39 is 11.7 Å². The largest absolute Gasteiger partial charge is 0.462 e. The maximum absolute atomic E-state index is 12.9. The highest BCUT2D eigenvalue weighted by Crippen LogP contribution is 2.14. The summed E-state index contributed by atoms with van der Waals surface area (Å²) < 4.78 is 19.2. The molecule has 1 N–H and O–H groups in total. The van der Waals surface area contributed by atoms with Crippen molar-refractivity contribution < 1.29 is 13.9 Å². The number of hydrogen-bond acceptors (Lipinski definition) is 4. The number of fused-ring (bicyclic) bond motifs is 1. The normalized spacial score (nSPS) is 11.6. The van der Waals surface area contributed by atoms with Crippen molar-refractivity contribution in [2.24, 2.45) is 0 Å². The van der Waals surface area contributed by atoms with Gasteiger partial charge in [0.2, 0.25) is 0 Å². The number of hydrogen-bond donors (Lipinski definition) is 1. The number of nitrogens with zero attached hydrogens (tertiary/aromatic N) is 1. The van der Waals surface area contributed by atoms with Crippen LogP contribution < -0.4 is 11.2 Å². The maximum atomic E-state index is 12.9. The van der Waals surface area contributed by atoms with Gasteiger partial charge in [0.25, 0.3) is 5.56 Å². The van der Waals surface area contributed by atoms with Crippen LogP contribution in [0.2, 0.25) is 0 Å². The van der Waals surface area contributed by atoms with Crippen molar-refractivity contribution in [1.29, 1.82) is 0 Å². The molecule has 0 aliphatic carbocycles. The van der Waals surface area contributed by atoms with Crippen molar-refractivity contribution in [3.8, 4) is 0 Å². The van der Waals surface area contributed by atoms with Crippen LogP contribution in [0.25, 0.3) is 16.5 Å². The number of carbonyl (C=O) groups is 1. The predicted molar refractivity (Wildman–Crippen MR) is 104 cm³/mol. The summed E-state index contributed by atoms with van der Waals surface area (Å²) in [5.41, 5.74) is 0.973. The molecule has 144 valence electrons. The molecule has 7 heteroatoms. The van der Waals surface area contributed by atoms with Crippen LogP contribution in [0.3, 0.4) is 0 Å². The molecule has 1 aromatic heterocycles. The second kappa shape index (κ2) is 8.47. The van der Waals surface area contributed by atoms with Gasteiger partial charge >= 0.3 is 11.7 Å². The molecule has 0 unspecified atom stereocenters. The Morgan fingerprint density at radius 1 is 1.14 bits per heavy atom. The molecule has 0 saturated carbocycles. The third-order valence-corrected chi connectivity index (χ3v) is 4.29. The topological polar surface area (TPSA) is 81.2 Å². The van der Waals surface area contributed by atoms with Gasteiger partial charge in [0.15, 0.2) is 0 Å². The van der Waals surface area contributed by atoms with E-state index in [0.717, 1.165) is 4.57 Å². The minimum Gasteiger partial charge on any atom is -0.462 e. The number of carbonyl (C=O) groups excluding carboxylic acids is 1. The lowest BCUT2D eigenvalue weighted by atomic mass is 10.1. The van der Waals surface area contributed by atoms with Crippen LogP contribution in [-0.2, 0) is 16.1 Å². The molecule has 2 aromatic carbocycles. The van der Waals surface area contributed by atoms with Crippen molar-refractivity contribution in [2.75, 3.05) is 6.61 Å². The van der Waals surface area contributed by atoms with E-state index in [1.807, 2.05) is 0 Å². The number of nitrogens with one attached hydrogen (secondary N) is 1. The minimum absolute atomic E-state index is 0.0603. The first kappa shape index (κ1) is 19.3. The molecule has 6 nitrogen and oxygen atoms in total. The van der Waals surface area contributed by atoms with Gasteiger partial charge in [0, 0.05) is 12.6 Å². The second-order valence-electron chi connectivity index (χ2n) is 6.29. The molecule has 28 heavy (non-hydrogen) atoms. The maximum Gasteiger partial charge on any atom is 0.331 e. The molecule has 0 spiro atoms. The molecule has 3 aromatic rings. The summed E-state index contributed by atoms with van der Waals surface area (Å²) in [4.78, 5) is 39.0. The highest BCUT2D eigenvalue weighted by atomic mass is 19.1. The standard InChI is InChI=1S/C21H19FN2O4/c1-14(15-7-9-16(22)10-8-15)13-19(25)28-12-4-11-24-20(26)17-5-2-3-6-18(17)23-21(24)27/h2-3,5-10,13H,4,11-12H2,1H3,(H,23,27)/b14-13+. The van der Waals surface area contributed by atoms with Gasteiger partial charge in [-0.05, 0) is 48.7 Å². The van der Waals surface area contributed by atoms with Crippen LogP contribution in [0, 0.1) is 5.82 Å². The fraction of sp³-hybridized carbons (Fsp3) is 0.190. The number of aromatic nitrogens is 2. The summed E-state index contributed by atoms with van der Waals surface area (Å²) in [5.74, 6) is -0.889. The Morgan fingerprint density at radius 2 is 1.86 bits per heavy atom. The molecule has 1 heterocycles. The van der Waals surface area contributed by atoms with Gasteiger partial charge in [0.1, 0.15) is 5.82 Å². The average Bonchev–Trinajstić information content (AvgIpc) is 2.67. The quantitative estimate of drug-likeness (QED) is 0.404. The van der Waals surface area contributed by atoms with E-state index in [9.17, 15) is 18.8 Å². The van der Waals surface area contributed by atoms with Gasteiger partial charge in [-0.3, -0.25) is 9.36 Å². The molecular weight excluding hydrogens is 363 g/mol. The number of H-pyrrole nitrogens is 1. The average molecular weight is 382 g/mol. The summed E-state index contributed by atoms with van der Waals surface area (Å²) in [6.45, 7) is 1.92. The zero-order valence-corrected chi connectivity index (χ0v) is 15.3. The summed E-state index contributed by atoms with van der Waals surface area (Å²) >= 11 is 0. The third kappa shape index (κ3) is 4.43. The van der Waals surface area contributed by atoms with Gasteiger partial charge in [0.05, 0.1) is 17.5 Å². The van der Waals surface area contributed by atoms with Crippen LogP contribution in [0.4, 0.5) is 4.39 Å². The Hall–Kier alpha value is -3.48. The Morgan fingerprint density at radius 3 is 2.61 bits per heavy atom. The van der Waals surface area contributed by atoms with Gasteiger partial charge < -0.3 is 9.72 Å². The van der Waals surface area contributed by atoms with Crippen molar-refractivity contribution in [2.45, 2.75) is 19.9 Å². The summed E-state index contributed by atoms with van der Waals surface area (Å²) in [5, 5.41) is 0.428. The number of esters is 1. The first-order valence-electron chi connectivity index (χ1n) is 8.78. The lowest BCUT2D eigenvalue weighted by Crippen LogP contribution is -2.35. The highest BCUT2D eigenvalue weighted by Gasteiger charge is 2.07. The van der Waals surface area contributed by atoms with E-state index in [1.165, 1.54) is 18.2 Å². The number of aromatic amines is 1. The van der Waals surface area contributed by atoms with Crippen LogP contribution in [-0.4, -0.2) is 22.1 Å². The Labute approximate surface area is 159 Å². The number of halogens is 1. The second-order valence-corrected chi connectivity index (χ2v) is 6.29. The first-order valence-corrected chi connectivity index (χ1v) is 8.78. The van der Waals surface area contributed by atoms with E-state index >= 15 is 0 Å². The molecule has 0 amide bonds. The number of para-hydroxylation sites is 1. The molecule has 0 bridgehead atoms. The zero-order chi connectivity index (χ0) is 20.1.